The molecule has 0 radical (unpaired) electrons. The van der Waals surface area contributed by atoms with Gasteiger partial charge in [-0.2, -0.15) is 0 Å². The number of nitrogens with zero attached hydrogens (tertiary/aromatic N) is 2. The Morgan fingerprint density at radius 1 is 1.30 bits per heavy atom. The fourth-order valence-corrected chi connectivity index (χ4v) is 3.89. The highest BCUT2D eigenvalue weighted by molar-refractivity contribution is 6.03. The Labute approximate surface area is 171 Å². The fourth-order valence-electron chi connectivity index (χ4n) is 3.89. The van der Waals surface area contributed by atoms with E-state index >= 15 is 0 Å². The molecule has 1 aliphatic heterocycles. The third kappa shape index (κ3) is 3.55. The average Bonchev–Trinajstić information content (AvgIpc) is 3.31. The number of hydrogen-bond donors (Lipinski definition) is 3. The van der Waals surface area contributed by atoms with Crippen LogP contribution in [0.1, 0.15) is 17.8 Å². The first-order valence-corrected chi connectivity index (χ1v) is 9.90. The van der Waals surface area contributed by atoms with Crippen LogP contribution in [0.4, 0.5) is 10.1 Å². The monoisotopic (exact) mass is 408 g/mol. The summed E-state index contributed by atoms with van der Waals surface area (Å²) in [6, 6.07) is 12.1. The summed E-state index contributed by atoms with van der Waals surface area (Å²) in [7, 11) is 0. The van der Waals surface area contributed by atoms with Crippen molar-refractivity contribution in [3.8, 4) is 0 Å². The van der Waals surface area contributed by atoms with E-state index in [9.17, 15) is 14.3 Å². The predicted molar refractivity (Wildman–Crippen MR) is 112 cm³/mol. The molecule has 1 aliphatic rings. The Balaban J connectivity index is 1.46. The van der Waals surface area contributed by atoms with Crippen molar-refractivity contribution in [3.63, 3.8) is 0 Å². The number of fused-ring (bicyclic) bond motifs is 3. The van der Waals surface area contributed by atoms with Crippen LogP contribution in [0.5, 0.6) is 0 Å². The van der Waals surface area contributed by atoms with Gasteiger partial charge in [-0.1, -0.05) is 18.2 Å². The summed E-state index contributed by atoms with van der Waals surface area (Å²) in [6.07, 6.45) is 0.385. The Morgan fingerprint density at radius 3 is 2.97 bits per heavy atom. The molecule has 0 spiro atoms. The summed E-state index contributed by atoms with van der Waals surface area (Å²) < 4.78 is 19.6. The van der Waals surface area contributed by atoms with Gasteiger partial charge in [0.2, 0.25) is 5.58 Å². The minimum Gasteiger partial charge on any atom is -0.449 e. The number of nitrogens with one attached hydrogen (secondary N) is 2. The van der Waals surface area contributed by atoms with Crippen molar-refractivity contribution < 1.29 is 13.9 Å². The van der Waals surface area contributed by atoms with Crippen LogP contribution in [0.2, 0.25) is 0 Å². The number of aromatic amines is 1. The lowest BCUT2D eigenvalue weighted by Gasteiger charge is -2.13. The van der Waals surface area contributed by atoms with Crippen LogP contribution in [0.3, 0.4) is 0 Å². The normalized spacial score (nSPS) is 17.2. The molecule has 0 aliphatic carbocycles. The van der Waals surface area contributed by atoms with Crippen LogP contribution in [0, 0.1) is 5.82 Å². The van der Waals surface area contributed by atoms with E-state index in [0.29, 0.717) is 42.1 Å². The van der Waals surface area contributed by atoms with Crippen LogP contribution in [-0.4, -0.2) is 39.2 Å². The van der Waals surface area contributed by atoms with Gasteiger partial charge in [0.05, 0.1) is 12.6 Å². The van der Waals surface area contributed by atoms with Gasteiger partial charge < -0.3 is 19.8 Å². The highest BCUT2D eigenvalue weighted by Gasteiger charge is 2.22. The fraction of sp³-hybridized carbons (Fsp3) is 0.273. The first-order chi connectivity index (χ1) is 14.6. The van der Waals surface area contributed by atoms with Gasteiger partial charge in [-0.05, 0) is 30.7 Å². The van der Waals surface area contributed by atoms with Crippen LogP contribution in [0.15, 0.2) is 51.7 Å². The average molecular weight is 408 g/mol. The van der Waals surface area contributed by atoms with Crippen molar-refractivity contribution in [3.05, 3.63) is 70.0 Å². The zero-order valence-corrected chi connectivity index (χ0v) is 16.2. The Kier molecular flexibility index (Phi) is 4.72. The molecule has 5 rings (SSSR count). The first-order valence-electron chi connectivity index (χ1n) is 9.90. The number of rotatable bonds is 5. The van der Waals surface area contributed by atoms with Gasteiger partial charge in [-0.3, -0.25) is 9.69 Å². The van der Waals surface area contributed by atoms with Crippen molar-refractivity contribution in [2.75, 3.05) is 18.4 Å². The molecule has 2 aromatic heterocycles. The molecule has 3 heterocycles. The lowest BCUT2D eigenvalue weighted by Crippen LogP contribution is -2.24. The molecule has 1 fully saturated rings. The van der Waals surface area contributed by atoms with Gasteiger partial charge in [0, 0.05) is 36.3 Å². The molecule has 0 unspecified atom stereocenters. The van der Waals surface area contributed by atoms with Crippen molar-refractivity contribution in [1.29, 1.82) is 0 Å². The predicted octanol–water partition coefficient (Wildman–Crippen LogP) is 2.99. The number of hydrogen-bond acceptors (Lipinski definition) is 6. The summed E-state index contributed by atoms with van der Waals surface area (Å²) in [5.41, 5.74) is 2.26. The van der Waals surface area contributed by atoms with E-state index in [0.717, 1.165) is 24.0 Å². The van der Waals surface area contributed by atoms with Gasteiger partial charge in [-0.25, -0.2) is 9.37 Å². The largest absolute Gasteiger partial charge is 0.449 e. The number of aromatic nitrogens is 2. The second-order valence-electron chi connectivity index (χ2n) is 7.63. The SMILES string of the molecule is O=c1[nH]c(CN2CC[C@H](O)C2)nc2c1oc1ccc(NCc3ccccc3F)cc12. The molecule has 7 nitrogen and oxygen atoms in total. The Bertz CT molecular complexity index is 1280. The topological polar surface area (TPSA) is 94.4 Å². The van der Waals surface area contributed by atoms with E-state index in [1.54, 1.807) is 24.3 Å². The smallest absolute Gasteiger partial charge is 0.294 e. The van der Waals surface area contributed by atoms with Crippen molar-refractivity contribution in [2.24, 2.45) is 0 Å². The second kappa shape index (κ2) is 7.55. The molecule has 0 bridgehead atoms. The number of likely N-dealkylation sites (tertiary alicyclic amines) is 1. The maximum atomic E-state index is 13.9. The molecular weight excluding hydrogens is 387 g/mol. The van der Waals surface area contributed by atoms with E-state index in [1.165, 1.54) is 6.07 Å². The summed E-state index contributed by atoms with van der Waals surface area (Å²) in [5.74, 6) is 0.277. The van der Waals surface area contributed by atoms with Gasteiger partial charge >= 0.3 is 0 Å². The number of aliphatic hydroxyl groups is 1. The van der Waals surface area contributed by atoms with E-state index in [-0.39, 0.29) is 23.1 Å². The van der Waals surface area contributed by atoms with Crippen molar-refractivity contribution in [1.82, 2.24) is 14.9 Å². The van der Waals surface area contributed by atoms with Crippen LogP contribution < -0.4 is 10.9 Å². The first kappa shape index (κ1) is 18.8. The highest BCUT2D eigenvalue weighted by atomic mass is 19.1. The second-order valence-corrected chi connectivity index (χ2v) is 7.63. The molecule has 1 saturated heterocycles. The molecule has 3 N–H and O–H groups in total. The zero-order chi connectivity index (χ0) is 20.7. The molecule has 30 heavy (non-hydrogen) atoms. The van der Waals surface area contributed by atoms with E-state index in [1.807, 2.05) is 12.1 Å². The molecule has 4 aromatic rings. The quantitative estimate of drug-likeness (QED) is 0.470. The number of halogens is 1. The maximum Gasteiger partial charge on any atom is 0.294 e. The van der Waals surface area contributed by atoms with Crippen LogP contribution in [-0.2, 0) is 13.1 Å². The number of H-pyrrole nitrogens is 1. The maximum absolute atomic E-state index is 13.9. The molecule has 8 heteroatoms. The van der Waals surface area contributed by atoms with Crippen molar-refractivity contribution in [2.45, 2.75) is 25.6 Å². The zero-order valence-electron chi connectivity index (χ0n) is 16.2. The van der Waals surface area contributed by atoms with Gasteiger partial charge in [0.1, 0.15) is 22.7 Å². The molecule has 2 aromatic carbocycles. The number of anilines is 1. The molecule has 154 valence electrons. The standard InChI is InChI=1S/C22H21FN4O3/c23-17-4-2-1-3-13(17)10-24-14-5-6-18-16(9-14)20-21(30-18)22(29)26-19(25-20)12-27-8-7-15(28)11-27/h1-6,9,15,24,28H,7-8,10-12H2,(H,25,26,29)/t15-/m0/s1. The Morgan fingerprint density at radius 2 is 2.17 bits per heavy atom. The van der Waals surface area contributed by atoms with Gasteiger partial charge in [-0.15, -0.1) is 0 Å². The number of β-amino-alcohol motifs (C(OH)–C–C–N with tert-alkyl or cyclic N) is 1. The molecule has 0 amide bonds. The van der Waals surface area contributed by atoms with Gasteiger partial charge in [0.15, 0.2) is 0 Å². The minimum atomic E-state index is -0.335. The van der Waals surface area contributed by atoms with E-state index in [2.05, 4.69) is 20.2 Å². The van der Waals surface area contributed by atoms with E-state index in [4.69, 9.17) is 4.42 Å². The third-order valence-corrected chi connectivity index (χ3v) is 5.43. The van der Waals surface area contributed by atoms with Crippen molar-refractivity contribution >= 4 is 27.8 Å². The molecule has 0 saturated carbocycles. The summed E-state index contributed by atoms with van der Waals surface area (Å²) >= 11 is 0. The molecular formula is C22H21FN4O3. The minimum absolute atomic E-state index is 0.182. The lowest BCUT2D eigenvalue weighted by molar-refractivity contribution is 0.174. The number of furan rings is 1. The summed E-state index contributed by atoms with van der Waals surface area (Å²) in [4.78, 5) is 22.0. The number of aliphatic hydroxyl groups excluding tert-OH is 1. The van der Waals surface area contributed by atoms with E-state index < -0.39 is 0 Å². The number of benzene rings is 2. The highest BCUT2D eigenvalue weighted by Crippen LogP contribution is 2.28. The molecule has 1 atom stereocenters. The summed E-state index contributed by atoms with van der Waals surface area (Å²) in [6.45, 7) is 2.13. The van der Waals surface area contributed by atoms with Crippen LogP contribution in [0.25, 0.3) is 22.1 Å². The van der Waals surface area contributed by atoms with Gasteiger partial charge in [0.25, 0.3) is 5.56 Å². The Hall–Kier alpha value is -3.23. The van der Waals surface area contributed by atoms with Crippen LogP contribution >= 0.6 is 0 Å². The summed E-state index contributed by atoms with van der Waals surface area (Å²) in [5, 5.41) is 13.6. The third-order valence-electron chi connectivity index (χ3n) is 5.43. The lowest BCUT2D eigenvalue weighted by atomic mass is 10.2.